The summed E-state index contributed by atoms with van der Waals surface area (Å²) >= 11 is 0. The van der Waals surface area contributed by atoms with Crippen LogP contribution in [0.15, 0.2) is 25.3 Å². The van der Waals surface area contributed by atoms with Crippen LogP contribution < -0.4 is 9.47 Å². The van der Waals surface area contributed by atoms with Gasteiger partial charge in [-0.1, -0.05) is 13.2 Å². The van der Waals surface area contributed by atoms with Crippen LogP contribution in [-0.2, 0) is 19.1 Å². The van der Waals surface area contributed by atoms with E-state index in [0.717, 1.165) is 0 Å². The van der Waals surface area contributed by atoms with Crippen molar-refractivity contribution < 1.29 is 134 Å². The third-order valence-electron chi connectivity index (χ3n) is 7.24. The van der Waals surface area contributed by atoms with Crippen LogP contribution in [-0.4, -0.2) is 85.7 Å². The molecule has 0 unspecified atom stereocenters. The third-order valence-corrected chi connectivity index (χ3v) is 7.24. The van der Waals surface area contributed by atoms with Crippen LogP contribution in [0.5, 0.6) is 11.5 Å². The number of esters is 2. The smallest absolute Gasteiger partial charge is 0.381 e. The molecule has 0 N–H and O–H groups in total. The maximum absolute atomic E-state index is 14.8. The summed E-state index contributed by atoms with van der Waals surface area (Å²) in [4.78, 5) is 21.6. The zero-order chi connectivity index (χ0) is 47.2. The van der Waals surface area contributed by atoms with Crippen molar-refractivity contribution in [3.8, 4) is 22.6 Å². The number of hydrogen-bond acceptors (Lipinski definition) is 6. The SMILES string of the molecule is C=CC(=O)OCC(F)(F)C(F)(F)C(F)(F)C(F)(F)COc1c(F)c(F)c(-c2c(F)c(F)c(OCC(F)(F)C(F)(F)C(F)(F)C(F)(F)COC(=O)C=C)c(F)c2F)c(F)c1F. The lowest BCUT2D eigenvalue weighted by atomic mass is 9.99. The van der Waals surface area contributed by atoms with Crippen LogP contribution in [0, 0.1) is 46.5 Å². The van der Waals surface area contributed by atoms with Gasteiger partial charge in [0, 0.05) is 12.2 Å². The molecule has 60 heavy (non-hydrogen) atoms. The summed E-state index contributed by atoms with van der Waals surface area (Å²) in [6.07, 6.45) is 0.0284. The van der Waals surface area contributed by atoms with E-state index in [4.69, 9.17) is 0 Å². The molecule has 0 aliphatic rings. The van der Waals surface area contributed by atoms with Gasteiger partial charge in [-0.15, -0.1) is 0 Å². The van der Waals surface area contributed by atoms with Crippen LogP contribution in [0.25, 0.3) is 11.1 Å². The van der Waals surface area contributed by atoms with Crippen LogP contribution >= 0.6 is 0 Å². The van der Waals surface area contributed by atoms with Crippen LogP contribution in [0.2, 0.25) is 0 Å². The van der Waals surface area contributed by atoms with Gasteiger partial charge in [0.05, 0.1) is 11.1 Å². The van der Waals surface area contributed by atoms with E-state index >= 15 is 0 Å². The zero-order valence-electron chi connectivity index (χ0n) is 27.9. The number of hydrogen-bond donors (Lipinski definition) is 0. The highest BCUT2D eigenvalue weighted by molar-refractivity contribution is 5.81. The number of halogens is 24. The van der Waals surface area contributed by atoms with E-state index in [1.165, 1.54) is 0 Å². The molecule has 0 heterocycles. The largest absolute Gasteiger partial charge is 0.481 e. The Morgan fingerprint density at radius 3 is 0.783 bits per heavy atom. The monoisotopic (exact) mass is 926 g/mol. The summed E-state index contributed by atoms with van der Waals surface area (Å²) in [5.41, 5.74) is -6.10. The van der Waals surface area contributed by atoms with Gasteiger partial charge in [0.1, 0.15) is 0 Å². The number of carbonyl (C=O) groups is 2. The highest BCUT2D eigenvalue weighted by Crippen LogP contribution is 2.55. The zero-order valence-corrected chi connectivity index (χ0v) is 27.9. The fraction of sp³-hybridized carbons (Fsp3) is 0.400. The Kier molecular flexibility index (Phi) is 14.2. The predicted octanol–water partition coefficient (Wildman–Crippen LogP) is 9.76. The molecule has 0 atom stereocenters. The van der Waals surface area contributed by atoms with Gasteiger partial charge < -0.3 is 18.9 Å². The molecule has 0 aliphatic heterocycles. The normalized spacial score (nSPS) is 13.5. The van der Waals surface area contributed by atoms with Gasteiger partial charge in [-0.05, 0) is 0 Å². The van der Waals surface area contributed by atoms with Gasteiger partial charge in [0.25, 0.3) is 0 Å². The van der Waals surface area contributed by atoms with Gasteiger partial charge in [0.2, 0.25) is 23.3 Å². The van der Waals surface area contributed by atoms with Gasteiger partial charge in [-0.2, -0.15) is 87.8 Å². The molecule has 0 aliphatic carbocycles. The summed E-state index contributed by atoms with van der Waals surface area (Å²) in [7, 11) is 0. The van der Waals surface area contributed by atoms with Crippen molar-refractivity contribution in [1.82, 2.24) is 0 Å². The first-order chi connectivity index (χ1) is 26.9. The van der Waals surface area contributed by atoms with Crippen LogP contribution in [0.1, 0.15) is 0 Å². The molecule has 0 radical (unpaired) electrons. The molecule has 0 saturated carbocycles. The summed E-state index contributed by atoms with van der Waals surface area (Å²) in [5.74, 6) is -93.4. The Morgan fingerprint density at radius 1 is 0.383 bits per heavy atom. The Bertz CT molecular complexity index is 1810. The van der Waals surface area contributed by atoms with E-state index in [1.54, 1.807) is 0 Å². The molecule has 0 fully saturated rings. The number of carbonyl (C=O) groups excluding carboxylic acids is 2. The van der Waals surface area contributed by atoms with Crippen molar-refractivity contribution in [2.75, 3.05) is 26.4 Å². The second-order valence-electron chi connectivity index (χ2n) is 11.2. The van der Waals surface area contributed by atoms with Crippen molar-refractivity contribution >= 4 is 11.9 Å². The number of benzene rings is 2. The number of alkyl halides is 16. The average Bonchev–Trinajstić information content (AvgIpc) is 3.14. The summed E-state index contributed by atoms with van der Waals surface area (Å²) in [6.45, 7) is -8.19. The van der Waals surface area contributed by atoms with Crippen molar-refractivity contribution in [2.24, 2.45) is 0 Å². The molecule has 30 heteroatoms. The lowest BCUT2D eigenvalue weighted by molar-refractivity contribution is -0.373. The van der Waals surface area contributed by atoms with E-state index < -0.39 is 155 Å². The minimum atomic E-state index is -7.41. The van der Waals surface area contributed by atoms with Gasteiger partial charge in [-0.3, -0.25) is 0 Å². The van der Waals surface area contributed by atoms with E-state index in [0.29, 0.717) is 0 Å². The molecule has 338 valence electrons. The maximum Gasteiger partial charge on any atom is 0.381 e. The summed E-state index contributed by atoms with van der Waals surface area (Å²) < 4.78 is 355. The second-order valence-corrected chi connectivity index (χ2v) is 11.2. The molecular weight excluding hydrogens is 912 g/mol. The van der Waals surface area contributed by atoms with Crippen molar-refractivity contribution in [1.29, 1.82) is 0 Å². The molecule has 2 rings (SSSR count). The molecule has 0 spiro atoms. The molecular formula is C30H14F24O6. The van der Waals surface area contributed by atoms with E-state index in [1.807, 2.05) is 0 Å². The quantitative estimate of drug-likeness (QED) is 0.0606. The second kappa shape index (κ2) is 16.7. The fourth-order valence-corrected chi connectivity index (χ4v) is 3.96. The minimum Gasteiger partial charge on any atom is -0.481 e. The van der Waals surface area contributed by atoms with Gasteiger partial charge in [0.15, 0.2) is 61.2 Å². The van der Waals surface area contributed by atoms with Crippen LogP contribution in [0.3, 0.4) is 0 Å². The summed E-state index contributed by atoms with van der Waals surface area (Å²) in [5, 5.41) is 0. The highest BCUT2D eigenvalue weighted by Gasteiger charge is 2.82. The molecule has 2 aromatic carbocycles. The first kappa shape index (κ1) is 50.9. The molecule has 0 bridgehead atoms. The third kappa shape index (κ3) is 8.53. The Hall–Kier alpha value is -5.22. The summed E-state index contributed by atoms with van der Waals surface area (Å²) in [6, 6.07) is 0. The molecule has 6 nitrogen and oxygen atoms in total. The van der Waals surface area contributed by atoms with E-state index in [2.05, 4.69) is 32.1 Å². The molecule has 0 saturated heterocycles. The van der Waals surface area contributed by atoms with Crippen molar-refractivity contribution in [3.63, 3.8) is 0 Å². The van der Waals surface area contributed by atoms with Gasteiger partial charge in [-0.25, -0.2) is 27.2 Å². The Balaban J connectivity index is 2.56. The Labute approximate surface area is 314 Å². The van der Waals surface area contributed by atoms with E-state index in [9.17, 15) is 115 Å². The van der Waals surface area contributed by atoms with Crippen LogP contribution in [0.4, 0.5) is 105 Å². The molecule has 0 aromatic heterocycles. The first-order valence-corrected chi connectivity index (χ1v) is 14.5. The van der Waals surface area contributed by atoms with Gasteiger partial charge >= 0.3 is 59.3 Å². The van der Waals surface area contributed by atoms with Crippen molar-refractivity contribution in [3.05, 3.63) is 71.8 Å². The van der Waals surface area contributed by atoms with E-state index in [-0.39, 0.29) is 12.2 Å². The standard InChI is InChI=1S/C30H14F24O6/c1-3-9(55)57-5-23(39,40)27(47,48)29(51,52)25(43,44)7-59-21-17(35)13(31)11(14(32)18(21)36)12-15(33)19(37)22(20(38)16(12)34)60-8-26(45,46)30(53,54)28(49,50)24(41,42)6-58-10(56)4-2/h3-4H,1-2,5-8H2. The number of ether oxygens (including phenoxy) is 4. The molecule has 2 aromatic rings. The topological polar surface area (TPSA) is 71.1 Å². The average molecular weight is 926 g/mol. The lowest BCUT2D eigenvalue weighted by Gasteiger charge is -2.36. The lowest BCUT2D eigenvalue weighted by Crippen LogP contribution is -2.64. The minimum absolute atomic E-state index is 0.0142. The highest BCUT2D eigenvalue weighted by atomic mass is 19.4. The predicted molar refractivity (Wildman–Crippen MR) is 144 cm³/mol. The molecule has 0 amide bonds. The Morgan fingerprint density at radius 2 is 0.583 bits per heavy atom. The van der Waals surface area contributed by atoms with Crippen molar-refractivity contribution in [2.45, 2.75) is 47.4 Å². The first-order valence-electron chi connectivity index (χ1n) is 14.5. The number of rotatable bonds is 19. The fourth-order valence-electron chi connectivity index (χ4n) is 3.96. The maximum atomic E-state index is 14.8.